The second-order valence-electron chi connectivity index (χ2n) is 5.81. The molecule has 0 saturated carbocycles. The maximum Gasteiger partial charge on any atom is 0.242 e. The molecule has 1 aromatic rings. The van der Waals surface area contributed by atoms with E-state index in [2.05, 4.69) is 31.8 Å². The van der Waals surface area contributed by atoms with E-state index in [-0.39, 0.29) is 0 Å². The molecule has 0 spiro atoms. The fourth-order valence-corrected chi connectivity index (χ4v) is 3.38. The smallest absolute Gasteiger partial charge is 0.242 e. The summed E-state index contributed by atoms with van der Waals surface area (Å²) < 4.78 is 6.15. The second-order valence-corrected chi connectivity index (χ2v) is 10.2. The number of aryl methyl sites for hydroxylation is 1. The molecule has 2 nitrogen and oxygen atoms in total. The molecular weight excluding hydrogens is 226 g/mol. The maximum atomic E-state index is 6.15. The molecule has 17 heavy (non-hydrogen) atoms. The van der Waals surface area contributed by atoms with Gasteiger partial charge in [-0.05, 0) is 62.5 Å². The van der Waals surface area contributed by atoms with E-state index < -0.39 is 8.32 Å². The molecule has 0 aromatic heterocycles. The average Bonchev–Trinajstić information content (AvgIpc) is 2.27. The zero-order valence-electron chi connectivity index (χ0n) is 11.2. The Morgan fingerprint density at radius 1 is 1.18 bits per heavy atom. The van der Waals surface area contributed by atoms with Gasteiger partial charge in [0.05, 0.1) is 0 Å². The van der Waals surface area contributed by atoms with Crippen molar-refractivity contribution in [1.29, 1.82) is 0 Å². The number of hydrogen-bond acceptors (Lipinski definition) is 2. The summed E-state index contributed by atoms with van der Waals surface area (Å²) in [5, 5.41) is 0. The van der Waals surface area contributed by atoms with E-state index in [0.29, 0.717) is 6.54 Å². The number of rotatable bonds is 3. The van der Waals surface area contributed by atoms with Gasteiger partial charge in [-0.3, -0.25) is 0 Å². The van der Waals surface area contributed by atoms with Crippen LogP contribution in [-0.4, -0.2) is 8.32 Å². The van der Waals surface area contributed by atoms with Gasteiger partial charge < -0.3 is 10.2 Å². The highest BCUT2D eigenvalue weighted by atomic mass is 28.4. The highest BCUT2D eigenvalue weighted by molar-refractivity contribution is 6.70. The van der Waals surface area contributed by atoms with E-state index >= 15 is 0 Å². The molecule has 0 radical (unpaired) electrons. The molecule has 1 aromatic carbocycles. The number of fused-ring (bicyclic) bond motifs is 1. The number of nitrogens with two attached hydrogens (primary N) is 1. The summed E-state index contributed by atoms with van der Waals surface area (Å²) >= 11 is 0. The Bertz CT molecular complexity index is 409. The Balaban J connectivity index is 2.40. The first-order chi connectivity index (χ1) is 8.01. The second kappa shape index (κ2) is 4.82. The molecule has 94 valence electrons. The molecule has 0 fully saturated rings. The third kappa shape index (κ3) is 2.90. The van der Waals surface area contributed by atoms with Crippen molar-refractivity contribution in [2.24, 2.45) is 5.73 Å². The Labute approximate surface area is 105 Å². The van der Waals surface area contributed by atoms with Crippen molar-refractivity contribution in [3.63, 3.8) is 0 Å². The lowest BCUT2D eigenvalue weighted by Gasteiger charge is -2.26. The van der Waals surface area contributed by atoms with Gasteiger partial charge in [0.25, 0.3) is 0 Å². The van der Waals surface area contributed by atoms with Crippen LogP contribution in [0.1, 0.15) is 29.5 Å². The van der Waals surface area contributed by atoms with E-state index in [4.69, 9.17) is 10.2 Å². The Morgan fingerprint density at radius 2 is 1.88 bits per heavy atom. The van der Waals surface area contributed by atoms with Gasteiger partial charge in [-0.2, -0.15) is 0 Å². The molecule has 0 bridgehead atoms. The molecule has 0 heterocycles. The molecule has 0 atom stereocenters. The lowest BCUT2D eigenvalue weighted by Crippen LogP contribution is -2.30. The molecule has 2 N–H and O–H groups in total. The van der Waals surface area contributed by atoms with Crippen molar-refractivity contribution in [3.05, 3.63) is 28.8 Å². The predicted octanol–water partition coefficient (Wildman–Crippen LogP) is 3.24. The molecule has 1 aliphatic rings. The fourth-order valence-electron chi connectivity index (χ4n) is 2.53. The van der Waals surface area contributed by atoms with Crippen molar-refractivity contribution >= 4 is 8.32 Å². The topological polar surface area (TPSA) is 35.2 Å². The van der Waals surface area contributed by atoms with Gasteiger partial charge in [0.1, 0.15) is 5.75 Å². The van der Waals surface area contributed by atoms with Crippen LogP contribution in [0.3, 0.4) is 0 Å². The summed E-state index contributed by atoms with van der Waals surface area (Å²) in [5.41, 5.74) is 10.1. The predicted molar refractivity (Wildman–Crippen MR) is 74.9 cm³/mol. The van der Waals surface area contributed by atoms with Gasteiger partial charge in [0.15, 0.2) is 0 Å². The summed E-state index contributed by atoms with van der Waals surface area (Å²) in [7, 11) is -1.55. The van der Waals surface area contributed by atoms with Crippen LogP contribution in [0, 0.1) is 0 Å². The summed E-state index contributed by atoms with van der Waals surface area (Å²) in [6.07, 6.45) is 4.97. The van der Waals surface area contributed by atoms with E-state index in [1.54, 1.807) is 0 Å². The zero-order valence-corrected chi connectivity index (χ0v) is 12.2. The summed E-state index contributed by atoms with van der Waals surface area (Å²) in [5.74, 6) is 1.03. The Morgan fingerprint density at radius 3 is 2.53 bits per heavy atom. The van der Waals surface area contributed by atoms with Crippen LogP contribution < -0.4 is 10.2 Å². The van der Waals surface area contributed by atoms with Crippen molar-refractivity contribution in [3.8, 4) is 5.75 Å². The quantitative estimate of drug-likeness (QED) is 0.835. The van der Waals surface area contributed by atoms with Gasteiger partial charge in [0.2, 0.25) is 8.32 Å². The third-order valence-electron chi connectivity index (χ3n) is 3.23. The summed E-state index contributed by atoms with van der Waals surface area (Å²) in [6.45, 7) is 7.25. The molecule has 1 aliphatic carbocycles. The van der Waals surface area contributed by atoms with Gasteiger partial charge in [0, 0.05) is 12.1 Å². The lowest BCUT2D eigenvalue weighted by molar-refractivity contribution is 0.544. The van der Waals surface area contributed by atoms with Gasteiger partial charge in [-0.25, -0.2) is 0 Å². The van der Waals surface area contributed by atoms with Crippen LogP contribution in [0.25, 0.3) is 0 Å². The van der Waals surface area contributed by atoms with Crippen molar-refractivity contribution in [2.75, 3.05) is 0 Å². The van der Waals surface area contributed by atoms with Crippen molar-refractivity contribution < 1.29 is 4.43 Å². The van der Waals surface area contributed by atoms with Crippen molar-refractivity contribution in [1.82, 2.24) is 0 Å². The monoisotopic (exact) mass is 249 g/mol. The minimum absolute atomic E-state index is 0.600. The lowest BCUT2D eigenvalue weighted by atomic mass is 9.88. The molecule has 0 aliphatic heterocycles. The zero-order chi connectivity index (χ0) is 12.5. The molecule has 0 unspecified atom stereocenters. The van der Waals surface area contributed by atoms with Crippen LogP contribution in [0.15, 0.2) is 12.1 Å². The molecule has 2 rings (SSSR count). The van der Waals surface area contributed by atoms with Crippen LogP contribution >= 0.6 is 0 Å². The van der Waals surface area contributed by atoms with E-state index in [1.165, 1.54) is 42.4 Å². The van der Waals surface area contributed by atoms with Crippen LogP contribution in [0.2, 0.25) is 19.6 Å². The molecule has 3 heteroatoms. The summed E-state index contributed by atoms with van der Waals surface area (Å²) in [6, 6.07) is 4.37. The first-order valence-corrected chi connectivity index (χ1v) is 9.95. The van der Waals surface area contributed by atoms with Crippen LogP contribution in [0.4, 0.5) is 0 Å². The Hall–Kier alpha value is -0.803. The molecule has 0 saturated heterocycles. The van der Waals surface area contributed by atoms with Gasteiger partial charge in [-0.1, -0.05) is 6.07 Å². The Kier molecular flexibility index (Phi) is 3.59. The van der Waals surface area contributed by atoms with E-state index in [0.717, 1.165) is 5.75 Å². The SMILES string of the molecule is C[Si](C)(C)Oc1ccc2c(c1CN)CCCC2. The van der Waals surface area contributed by atoms with E-state index in [1.807, 2.05) is 0 Å². The average molecular weight is 249 g/mol. The maximum absolute atomic E-state index is 6.15. The largest absolute Gasteiger partial charge is 0.544 e. The third-order valence-corrected chi connectivity index (χ3v) is 4.06. The standard InChI is InChI=1S/C14H23NOSi/c1-17(2,3)16-14-9-8-11-6-4-5-7-12(11)13(14)10-15/h8-9H,4-7,10,15H2,1-3H3. The number of benzene rings is 1. The van der Waals surface area contributed by atoms with Crippen molar-refractivity contribution in [2.45, 2.75) is 51.9 Å². The van der Waals surface area contributed by atoms with Gasteiger partial charge in [-0.15, -0.1) is 0 Å². The van der Waals surface area contributed by atoms with Gasteiger partial charge >= 0.3 is 0 Å². The molecule has 0 amide bonds. The number of hydrogen-bond donors (Lipinski definition) is 1. The minimum Gasteiger partial charge on any atom is -0.544 e. The first-order valence-electron chi connectivity index (χ1n) is 6.54. The van der Waals surface area contributed by atoms with Crippen LogP contribution in [0.5, 0.6) is 5.75 Å². The highest BCUT2D eigenvalue weighted by Gasteiger charge is 2.21. The first kappa shape index (κ1) is 12.6. The van der Waals surface area contributed by atoms with Crippen LogP contribution in [-0.2, 0) is 19.4 Å². The van der Waals surface area contributed by atoms with E-state index in [9.17, 15) is 0 Å². The fraction of sp³-hybridized carbons (Fsp3) is 0.571. The molecular formula is C14H23NOSi. The highest BCUT2D eigenvalue weighted by Crippen LogP contribution is 2.32. The normalized spacial score (nSPS) is 15.5. The minimum atomic E-state index is -1.55. The summed E-state index contributed by atoms with van der Waals surface area (Å²) in [4.78, 5) is 0.